The summed E-state index contributed by atoms with van der Waals surface area (Å²) >= 11 is 0. The third kappa shape index (κ3) is 4.19. The highest BCUT2D eigenvalue weighted by molar-refractivity contribution is 7.91. The van der Waals surface area contributed by atoms with Gasteiger partial charge in [0.25, 0.3) is 0 Å². The summed E-state index contributed by atoms with van der Waals surface area (Å²) in [6, 6.07) is 16.2. The maximum absolute atomic E-state index is 12.8. The summed E-state index contributed by atoms with van der Waals surface area (Å²) in [5.74, 6) is 0.883. The number of aryl methyl sites for hydroxylation is 1. The number of hydrogen-bond acceptors (Lipinski definition) is 6. The van der Waals surface area contributed by atoms with Gasteiger partial charge in [-0.2, -0.15) is 0 Å². The second-order valence-corrected chi connectivity index (χ2v) is 11.2. The minimum atomic E-state index is -3.31. The van der Waals surface area contributed by atoms with Gasteiger partial charge < -0.3 is 16.0 Å². The fraction of sp³-hybridized carbons (Fsp3) is 0.400. The number of benzene rings is 2. The van der Waals surface area contributed by atoms with Crippen LogP contribution in [0.2, 0.25) is 0 Å². The topological polar surface area (TPSA) is 88.3 Å². The quantitative estimate of drug-likeness (QED) is 0.627. The number of sulfone groups is 1. The van der Waals surface area contributed by atoms with E-state index in [1.807, 2.05) is 12.1 Å². The molecule has 1 fully saturated rings. The lowest BCUT2D eigenvalue weighted by atomic mass is 9.91. The zero-order valence-electron chi connectivity index (χ0n) is 18.4. The van der Waals surface area contributed by atoms with Gasteiger partial charge in [0.1, 0.15) is 5.82 Å². The number of fused-ring (bicyclic) bond motifs is 2. The van der Waals surface area contributed by atoms with Crippen LogP contribution >= 0.6 is 0 Å². The third-order valence-electron chi connectivity index (χ3n) is 6.65. The molecule has 7 heteroatoms. The van der Waals surface area contributed by atoms with E-state index in [1.54, 1.807) is 12.1 Å². The normalized spacial score (nSPS) is 22.9. The smallest absolute Gasteiger partial charge is 0.180 e. The van der Waals surface area contributed by atoms with E-state index in [0.717, 1.165) is 53.7 Å². The third-order valence-corrected chi connectivity index (χ3v) is 8.44. The van der Waals surface area contributed by atoms with Crippen molar-refractivity contribution < 1.29 is 8.42 Å². The van der Waals surface area contributed by atoms with E-state index >= 15 is 0 Å². The van der Waals surface area contributed by atoms with Crippen LogP contribution in [0.5, 0.6) is 0 Å². The van der Waals surface area contributed by atoms with Crippen molar-refractivity contribution in [3.05, 3.63) is 59.7 Å². The van der Waals surface area contributed by atoms with Gasteiger partial charge >= 0.3 is 0 Å². The molecule has 0 amide bonds. The first-order valence-corrected chi connectivity index (χ1v) is 13.0. The highest BCUT2D eigenvalue weighted by Crippen LogP contribution is 2.33. The Kier molecular flexibility index (Phi) is 5.55. The molecule has 32 heavy (non-hydrogen) atoms. The van der Waals surface area contributed by atoms with Gasteiger partial charge in [-0.3, -0.25) is 0 Å². The molecule has 1 aliphatic carbocycles. The Balaban J connectivity index is 1.55. The Hall–Kier alpha value is -2.64. The Bertz CT molecular complexity index is 1260. The maximum Gasteiger partial charge on any atom is 0.180 e. The predicted octanol–water partition coefficient (Wildman–Crippen LogP) is 4.02. The number of nitrogens with zero attached hydrogens (tertiary/aromatic N) is 2. The van der Waals surface area contributed by atoms with Gasteiger partial charge in [-0.05, 0) is 56.4 Å². The maximum atomic E-state index is 12.8. The first-order chi connectivity index (χ1) is 15.4. The molecule has 2 heterocycles. The first-order valence-electron chi connectivity index (χ1n) is 11.4. The lowest BCUT2D eigenvalue weighted by Crippen LogP contribution is -2.35. The molecular weight excluding hydrogens is 420 g/mol. The van der Waals surface area contributed by atoms with Crippen LogP contribution in [0.3, 0.4) is 0 Å². The fourth-order valence-corrected chi connectivity index (χ4v) is 6.44. The zero-order valence-corrected chi connectivity index (χ0v) is 19.2. The van der Waals surface area contributed by atoms with Crippen molar-refractivity contribution in [1.82, 2.24) is 4.98 Å². The van der Waals surface area contributed by atoms with Crippen molar-refractivity contribution in [2.45, 2.75) is 56.1 Å². The van der Waals surface area contributed by atoms with Gasteiger partial charge in [-0.15, -0.1) is 0 Å². The Labute approximate surface area is 189 Å². The largest absolute Gasteiger partial charge is 0.382 e. The summed E-state index contributed by atoms with van der Waals surface area (Å²) in [6.07, 6.45) is 4.28. The molecule has 2 aromatic carbocycles. The van der Waals surface area contributed by atoms with E-state index in [9.17, 15) is 8.42 Å². The Morgan fingerprint density at radius 2 is 1.97 bits per heavy atom. The standard InChI is InChI=1S/C25H30N4O2S/c1-17-9-10-22-21(13-17)23(27-20-7-4-6-19(26)14-20)15-25(28-22)29-11-12-32(30,31)24-8-3-2-5-18(24)16-29/h2-3,5,8-10,13,15,19-20H,4,6-7,11-12,14,16,26H2,1H3,(H,27,28). The number of rotatable bonds is 3. The molecule has 3 aromatic rings. The van der Waals surface area contributed by atoms with Crippen molar-refractivity contribution in [1.29, 1.82) is 0 Å². The molecular formula is C25H30N4O2S. The molecule has 2 unspecified atom stereocenters. The first kappa shape index (κ1) is 21.2. The number of nitrogens with one attached hydrogen (secondary N) is 1. The van der Waals surface area contributed by atoms with Crippen molar-refractivity contribution in [2.75, 3.05) is 22.5 Å². The van der Waals surface area contributed by atoms with Crippen LogP contribution in [-0.2, 0) is 16.4 Å². The van der Waals surface area contributed by atoms with Gasteiger partial charge in [-0.1, -0.05) is 29.8 Å². The van der Waals surface area contributed by atoms with Crippen LogP contribution in [0.25, 0.3) is 10.9 Å². The second-order valence-electron chi connectivity index (χ2n) is 9.16. The van der Waals surface area contributed by atoms with E-state index in [-0.39, 0.29) is 11.8 Å². The highest BCUT2D eigenvalue weighted by Gasteiger charge is 2.27. The average Bonchev–Trinajstić information content (AvgIpc) is 2.90. The second kappa shape index (κ2) is 8.37. The number of pyridine rings is 1. The van der Waals surface area contributed by atoms with E-state index in [2.05, 4.69) is 41.4 Å². The molecule has 168 valence electrons. The van der Waals surface area contributed by atoms with Crippen LogP contribution < -0.4 is 16.0 Å². The van der Waals surface area contributed by atoms with E-state index in [1.165, 1.54) is 5.56 Å². The van der Waals surface area contributed by atoms with E-state index < -0.39 is 9.84 Å². The number of nitrogens with two attached hydrogens (primary N) is 1. The van der Waals surface area contributed by atoms with Crippen molar-refractivity contribution in [3.8, 4) is 0 Å². The summed E-state index contributed by atoms with van der Waals surface area (Å²) in [5, 5.41) is 4.84. The summed E-state index contributed by atoms with van der Waals surface area (Å²) in [6.45, 7) is 3.02. The number of anilines is 2. The molecule has 2 aliphatic rings. The molecule has 0 saturated heterocycles. The summed E-state index contributed by atoms with van der Waals surface area (Å²) in [4.78, 5) is 7.46. The lowest BCUT2D eigenvalue weighted by Gasteiger charge is -2.29. The van der Waals surface area contributed by atoms with Crippen LogP contribution in [-0.4, -0.2) is 37.8 Å². The van der Waals surface area contributed by atoms with E-state index in [0.29, 0.717) is 24.0 Å². The Morgan fingerprint density at radius 1 is 1.12 bits per heavy atom. The highest BCUT2D eigenvalue weighted by atomic mass is 32.2. The van der Waals surface area contributed by atoms with Gasteiger partial charge in [0.05, 0.1) is 16.2 Å². The molecule has 0 bridgehead atoms. The van der Waals surface area contributed by atoms with Crippen LogP contribution in [0.1, 0.15) is 36.8 Å². The zero-order chi connectivity index (χ0) is 22.3. The molecule has 3 N–H and O–H groups in total. The van der Waals surface area contributed by atoms with Gasteiger partial charge in [-0.25, -0.2) is 13.4 Å². The molecule has 5 rings (SSSR count). The van der Waals surface area contributed by atoms with Gasteiger partial charge in [0, 0.05) is 42.3 Å². The van der Waals surface area contributed by atoms with Gasteiger partial charge in [0.2, 0.25) is 0 Å². The SMILES string of the molecule is Cc1ccc2nc(N3CCS(=O)(=O)c4ccccc4C3)cc(NC3CCCC(N)C3)c2c1. The average molecular weight is 451 g/mol. The van der Waals surface area contributed by atoms with Crippen molar-refractivity contribution in [3.63, 3.8) is 0 Å². The van der Waals surface area contributed by atoms with Crippen LogP contribution in [0.15, 0.2) is 53.4 Å². The lowest BCUT2D eigenvalue weighted by molar-refractivity contribution is 0.410. The minimum absolute atomic E-state index is 0.0812. The minimum Gasteiger partial charge on any atom is -0.382 e. The van der Waals surface area contributed by atoms with Crippen molar-refractivity contribution >= 4 is 32.2 Å². The fourth-order valence-electron chi connectivity index (χ4n) is 4.94. The number of hydrogen-bond donors (Lipinski definition) is 2. The monoisotopic (exact) mass is 450 g/mol. The summed E-state index contributed by atoms with van der Waals surface area (Å²) in [7, 11) is -3.31. The Morgan fingerprint density at radius 3 is 2.81 bits per heavy atom. The summed E-state index contributed by atoms with van der Waals surface area (Å²) < 4.78 is 25.6. The molecule has 6 nitrogen and oxygen atoms in total. The van der Waals surface area contributed by atoms with Crippen LogP contribution in [0, 0.1) is 6.92 Å². The van der Waals surface area contributed by atoms with Crippen LogP contribution in [0.4, 0.5) is 11.5 Å². The van der Waals surface area contributed by atoms with Gasteiger partial charge in [0.15, 0.2) is 9.84 Å². The molecule has 2 atom stereocenters. The molecule has 0 spiro atoms. The molecule has 1 aromatic heterocycles. The van der Waals surface area contributed by atoms with E-state index in [4.69, 9.17) is 10.7 Å². The molecule has 1 saturated carbocycles. The van der Waals surface area contributed by atoms with Crippen molar-refractivity contribution in [2.24, 2.45) is 5.73 Å². The number of aromatic nitrogens is 1. The molecule has 0 radical (unpaired) electrons. The molecule has 1 aliphatic heterocycles. The predicted molar refractivity (Wildman–Crippen MR) is 130 cm³/mol. The summed E-state index contributed by atoms with van der Waals surface area (Å²) in [5.41, 5.74) is 10.2.